The molecular formula is C14H22N4O3. The van der Waals surface area contributed by atoms with Gasteiger partial charge in [0, 0.05) is 30.9 Å². The standard InChI is InChI=1S/C14H22N4O3/c1-9(2)7-10(3)17(4)13-6-5-11(18(20)21)8-12(13)14(15)16-19/h5-6,8-10,19H,7H2,1-4H3,(H2,15,16). The number of non-ortho nitro benzene ring substituents is 1. The molecule has 0 spiro atoms. The third kappa shape index (κ3) is 4.08. The molecule has 0 aromatic heterocycles. The first-order valence-electron chi connectivity index (χ1n) is 6.77. The molecule has 0 bridgehead atoms. The second-order valence-corrected chi connectivity index (χ2v) is 5.53. The Kier molecular flexibility index (Phi) is 5.52. The van der Waals surface area contributed by atoms with Crippen LogP contribution in [0.5, 0.6) is 0 Å². The first-order valence-corrected chi connectivity index (χ1v) is 6.77. The van der Waals surface area contributed by atoms with Gasteiger partial charge >= 0.3 is 0 Å². The van der Waals surface area contributed by atoms with Crippen LogP contribution in [0.4, 0.5) is 11.4 Å². The summed E-state index contributed by atoms with van der Waals surface area (Å²) in [5, 5.41) is 22.7. The van der Waals surface area contributed by atoms with E-state index >= 15 is 0 Å². The number of rotatable bonds is 6. The highest BCUT2D eigenvalue weighted by Crippen LogP contribution is 2.27. The van der Waals surface area contributed by atoms with Crippen LogP contribution in [-0.2, 0) is 0 Å². The van der Waals surface area contributed by atoms with E-state index in [9.17, 15) is 10.1 Å². The van der Waals surface area contributed by atoms with Gasteiger partial charge in [-0.25, -0.2) is 0 Å². The van der Waals surface area contributed by atoms with E-state index in [-0.39, 0.29) is 17.6 Å². The van der Waals surface area contributed by atoms with Crippen molar-refractivity contribution in [2.75, 3.05) is 11.9 Å². The molecule has 116 valence electrons. The molecule has 0 amide bonds. The minimum atomic E-state index is -0.504. The zero-order chi connectivity index (χ0) is 16.2. The van der Waals surface area contributed by atoms with Crippen LogP contribution in [0, 0.1) is 16.0 Å². The molecule has 0 heterocycles. The van der Waals surface area contributed by atoms with Gasteiger partial charge in [0.25, 0.3) is 5.69 Å². The summed E-state index contributed by atoms with van der Waals surface area (Å²) in [6.07, 6.45) is 0.961. The van der Waals surface area contributed by atoms with Crippen molar-refractivity contribution in [3.63, 3.8) is 0 Å². The van der Waals surface area contributed by atoms with Crippen molar-refractivity contribution in [1.29, 1.82) is 0 Å². The van der Waals surface area contributed by atoms with Crippen molar-refractivity contribution in [3.05, 3.63) is 33.9 Å². The molecule has 1 atom stereocenters. The van der Waals surface area contributed by atoms with Crippen molar-refractivity contribution >= 4 is 17.2 Å². The average Bonchev–Trinajstić information content (AvgIpc) is 2.44. The fourth-order valence-corrected chi connectivity index (χ4v) is 2.28. The molecule has 0 aliphatic heterocycles. The number of anilines is 1. The summed E-state index contributed by atoms with van der Waals surface area (Å²) in [6.45, 7) is 6.33. The molecule has 0 aliphatic carbocycles. The maximum absolute atomic E-state index is 10.9. The van der Waals surface area contributed by atoms with Gasteiger partial charge in [-0.2, -0.15) is 0 Å². The Labute approximate surface area is 124 Å². The molecule has 1 aromatic carbocycles. The van der Waals surface area contributed by atoms with Crippen molar-refractivity contribution in [1.82, 2.24) is 0 Å². The molecule has 7 nitrogen and oxygen atoms in total. The fraction of sp³-hybridized carbons (Fsp3) is 0.500. The Bertz CT molecular complexity index is 543. The van der Waals surface area contributed by atoms with Gasteiger partial charge in [-0.3, -0.25) is 10.1 Å². The van der Waals surface area contributed by atoms with Crippen LogP contribution >= 0.6 is 0 Å². The summed E-state index contributed by atoms with van der Waals surface area (Å²) in [7, 11) is 1.89. The van der Waals surface area contributed by atoms with E-state index in [1.54, 1.807) is 6.07 Å². The quantitative estimate of drug-likeness (QED) is 0.276. The number of hydrogen-bond acceptors (Lipinski definition) is 5. The lowest BCUT2D eigenvalue weighted by Crippen LogP contribution is -2.32. The third-order valence-corrected chi connectivity index (χ3v) is 3.43. The summed E-state index contributed by atoms with van der Waals surface area (Å²) in [5.74, 6) is 0.380. The fourth-order valence-electron chi connectivity index (χ4n) is 2.28. The van der Waals surface area contributed by atoms with E-state index in [1.807, 2.05) is 11.9 Å². The Morgan fingerprint density at radius 3 is 2.57 bits per heavy atom. The minimum Gasteiger partial charge on any atom is -0.409 e. The molecule has 7 heteroatoms. The highest BCUT2D eigenvalue weighted by molar-refractivity contribution is 6.02. The number of nitro groups is 1. The zero-order valence-electron chi connectivity index (χ0n) is 12.8. The molecule has 0 aliphatic rings. The zero-order valence-corrected chi connectivity index (χ0v) is 12.8. The van der Waals surface area contributed by atoms with Crippen LogP contribution in [0.3, 0.4) is 0 Å². The van der Waals surface area contributed by atoms with Crippen LogP contribution in [-0.4, -0.2) is 29.1 Å². The van der Waals surface area contributed by atoms with Gasteiger partial charge in [-0.15, -0.1) is 0 Å². The molecule has 1 rings (SSSR count). The van der Waals surface area contributed by atoms with Gasteiger partial charge in [0.15, 0.2) is 5.84 Å². The molecule has 0 fully saturated rings. The lowest BCUT2D eigenvalue weighted by Gasteiger charge is -2.29. The van der Waals surface area contributed by atoms with Gasteiger partial charge in [-0.1, -0.05) is 19.0 Å². The second-order valence-electron chi connectivity index (χ2n) is 5.53. The maximum atomic E-state index is 10.9. The molecule has 0 radical (unpaired) electrons. The highest BCUT2D eigenvalue weighted by Gasteiger charge is 2.19. The van der Waals surface area contributed by atoms with E-state index in [2.05, 4.69) is 25.9 Å². The van der Waals surface area contributed by atoms with Crippen molar-refractivity contribution < 1.29 is 10.1 Å². The predicted octanol–water partition coefficient (Wildman–Crippen LogP) is 2.56. The molecule has 21 heavy (non-hydrogen) atoms. The number of oxime groups is 1. The molecular weight excluding hydrogens is 272 g/mol. The Balaban J connectivity index is 3.25. The number of benzene rings is 1. The number of nitrogens with two attached hydrogens (primary N) is 1. The van der Waals surface area contributed by atoms with Crippen LogP contribution in [0.1, 0.15) is 32.8 Å². The third-order valence-electron chi connectivity index (χ3n) is 3.43. The summed E-state index contributed by atoms with van der Waals surface area (Å²) >= 11 is 0. The monoisotopic (exact) mass is 294 g/mol. The lowest BCUT2D eigenvalue weighted by molar-refractivity contribution is -0.384. The van der Waals surface area contributed by atoms with Gasteiger partial charge in [0.1, 0.15) is 0 Å². The highest BCUT2D eigenvalue weighted by atomic mass is 16.6. The SMILES string of the molecule is CC(C)CC(C)N(C)c1ccc([N+](=O)[O-])cc1C(N)=NO. The first kappa shape index (κ1) is 16.7. The summed E-state index contributed by atoms with van der Waals surface area (Å²) < 4.78 is 0. The number of nitro benzene ring substituents is 1. The minimum absolute atomic E-state index is 0.0923. The van der Waals surface area contributed by atoms with Crippen molar-refractivity contribution in [3.8, 4) is 0 Å². The van der Waals surface area contributed by atoms with E-state index in [0.717, 1.165) is 6.42 Å². The Morgan fingerprint density at radius 1 is 1.48 bits per heavy atom. The topological polar surface area (TPSA) is 105 Å². The number of amidine groups is 1. The largest absolute Gasteiger partial charge is 0.409 e. The molecule has 0 saturated heterocycles. The number of nitrogens with zero attached hydrogens (tertiary/aromatic N) is 3. The first-order chi connectivity index (χ1) is 9.77. The van der Waals surface area contributed by atoms with Gasteiger partial charge < -0.3 is 15.8 Å². The van der Waals surface area contributed by atoms with Gasteiger partial charge in [0.2, 0.25) is 0 Å². The van der Waals surface area contributed by atoms with Gasteiger partial charge in [-0.05, 0) is 25.3 Å². The number of hydrogen-bond donors (Lipinski definition) is 2. The molecule has 0 saturated carbocycles. The van der Waals surface area contributed by atoms with Crippen LogP contribution in [0.25, 0.3) is 0 Å². The van der Waals surface area contributed by atoms with E-state index in [4.69, 9.17) is 10.9 Å². The van der Waals surface area contributed by atoms with E-state index < -0.39 is 4.92 Å². The van der Waals surface area contributed by atoms with Crippen molar-refractivity contribution in [2.24, 2.45) is 16.8 Å². The maximum Gasteiger partial charge on any atom is 0.270 e. The normalized spacial score (nSPS) is 13.3. The van der Waals surface area contributed by atoms with Crippen LogP contribution in [0.15, 0.2) is 23.4 Å². The van der Waals surface area contributed by atoms with Crippen LogP contribution < -0.4 is 10.6 Å². The Hall–Kier alpha value is -2.31. The van der Waals surface area contributed by atoms with E-state index in [0.29, 0.717) is 17.2 Å². The van der Waals surface area contributed by atoms with Crippen molar-refractivity contribution in [2.45, 2.75) is 33.2 Å². The molecule has 3 N–H and O–H groups in total. The smallest absolute Gasteiger partial charge is 0.270 e. The predicted molar refractivity (Wildman–Crippen MR) is 82.9 cm³/mol. The van der Waals surface area contributed by atoms with E-state index in [1.165, 1.54) is 12.1 Å². The second kappa shape index (κ2) is 6.92. The van der Waals surface area contributed by atoms with Crippen LogP contribution in [0.2, 0.25) is 0 Å². The summed E-state index contributed by atoms with van der Waals surface area (Å²) in [5.41, 5.74) is 6.61. The average molecular weight is 294 g/mol. The summed E-state index contributed by atoms with van der Waals surface area (Å²) in [6, 6.07) is 4.59. The summed E-state index contributed by atoms with van der Waals surface area (Å²) in [4.78, 5) is 12.4. The Morgan fingerprint density at radius 2 is 2.10 bits per heavy atom. The molecule has 1 unspecified atom stereocenters. The van der Waals surface area contributed by atoms with Gasteiger partial charge in [0.05, 0.1) is 10.5 Å². The lowest BCUT2D eigenvalue weighted by atomic mass is 10.0. The molecule has 1 aromatic rings.